The lowest BCUT2D eigenvalue weighted by Crippen LogP contribution is -2.29. The van der Waals surface area contributed by atoms with Gasteiger partial charge in [0, 0.05) is 31.8 Å². The molecule has 3 N–H and O–H groups in total. The van der Waals surface area contributed by atoms with Crippen LogP contribution in [0.25, 0.3) is 0 Å². The number of unbranched alkanes of at least 4 members (excludes halogenated alkanes) is 6. The van der Waals surface area contributed by atoms with Crippen LogP contribution in [0, 0.1) is 0 Å². The lowest BCUT2D eigenvalue weighted by atomic mass is 10.1. The fraction of sp³-hybridized carbons (Fsp3) is 0.941. The third-order valence-electron chi connectivity index (χ3n) is 3.54. The van der Waals surface area contributed by atoms with Crippen molar-refractivity contribution in [3.8, 4) is 0 Å². The smallest absolute Gasteiger partial charge is 0.303 e. The lowest BCUT2D eigenvalue weighted by Gasteiger charge is -2.06. The van der Waals surface area contributed by atoms with Gasteiger partial charge in [-0.15, -0.1) is 0 Å². The molecule has 0 radical (unpaired) electrons. The first-order chi connectivity index (χ1) is 10.8. The number of hydrogen-bond acceptors (Lipinski definition) is 4. The zero-order chi connectivity index (χ0) is 16.3. The fourth-order valence-electron chi connectivity index (χ4n) is 2.18. The van der Waals surface area contributed by atoms with Gasteiger partial charge < -0.3 is 15.7 Å². The molecule has 4 nitrogen and oxygen atoms in total. The minimum absolute atomic E-state index is 0.313. The van der Waals surface area contributed by atoms with E-state index in [2.05, 4.69) is 29.3 Å². The van der Waals surface area contributed by atoms with Crippen molar-refractivity contribution >= 4 is 17.7 Å². The minimum Gasteiger partial charge on any atom is -0.481 e. The van der Waals surface area contributed by atoms with E-state index in [0.29, 0.717) is 6.42 Å². The van der Waals surface area contributed by atoms with Gasteiger partial charge in [-0.3, -0.25) is 4.79 Å². The molecule has 0 heterocycles. The molecule has 0 amide bonds. The van der Waals surface area contributed by atoms with E-state index in [0.717, 1.165) is 51.9 Å². The highest BCUT2D eigenvalue weighted by molar-refractivity contribution is 7.99. The maximum absolute atomic E-state index is 10.3. The van der Waals surface area contributed by atoms with E-state index >= 15 is 0 Å². The van der Waals surface area contributed by atoms with Crippen LogP contribution in [-0.2, 0) is 4.79 Å². The van der Waals surface area contributed by atoms with Gasteiger partial charge in [-0.05, 0) is 31.6 Å². The first kappa shape index (κ1) is 21.7. The predicted molar refractivity (Wildman–Crippen MR) is 97.9 cm³/mol. The molecule has 0 spiro atoms. The number of hydrogen-bond donors (Lipinski definition) is 3. The maximum atomic E-state index is 10.3. The highest BCUT2D eigenvalue weighted by atomic mass is 32.2. The summed E-state index contributed by atoms with van der Waals surface area (Å²) in [5.74, 6) is 1.85. The van der Waals surface area contributed by atoms with Crippen LogP contribution in [0.1, 0.15) is 64.7 Å². The van der Waals surface area contributed by atoms with Gasteiger partial charge in [0.15, 0.2) is 0 Å². The summed E-state index contributed by atoms with van der Waals surface area (Å²) in [6.07, 6.45) is 9.88. The van der Waals surface area contributed by atoms with Crippen molar-refractivity contribution in [2.45, 2.75) is 64.7 Å². The van der Waals surface area contributed by atoms with E-state index < -0.39 is 5.97 Å². The molecule has 0 unspecified atom stereocenters. The number of carboxylic acids is 1. The van der Waals surface area contributed by atoms with Gasteiger partial charge in [-0.1, -0.05) is 39.0 Å². The van der Waals surface area contributed by atoms with Gasteiger partial charge in [0.2, 0.25) is 0 Å². The molecule has 0 aliphatic carbocycles. The summed E-state index contributed by atoms with van der Waals surface area (Å²) in [7, 11) is 0. The molecule has 0 rings (SSSR count). The van der Waals surface area contributed by atoms with Crippen molar-refractivity contribution in [3.63, 3.8) is 0 Å². The predicted octanol–water partition coefficient (Wildman–Crippen LogP) is 3.51. The number of rotatable bonds is 18. The molecule has 0 bridgehead atoms. The Morgan fingerprint density at radius 3 is 2.23 bits per heavy atom. The van der Waals surface area contributed by atoms with Crippen LogP contribution in [0.2, 0.25) is 0 Å². The average molecular weight is 333 g/mol. The molecule has 0 atom stereocenters. The van der Waals surface area contributed by atoms with Gasteiger partial charge in [-0.2, -0.15) is 11.8 Å². The second-order valence-electron chi connectivity index (χ2n) is 5.73. The summed E-state index contributed by atoms with van der Waals surface area (Å²) < 4.78 is 0. The first-order valence-corrected chi connectivity index (χ1v) is 10.1. The molecule has 0 aromatic rings. The molecule has 0 aromatic carbocycles. The van der Waals surface area contributed by atoms with E-state index in [9.17, 15) is 4.79 Å². The number of nitrogens with one attached hydrogen (secondary N) is 2. The minimum atomic E-state index is -0.677. The molecular weight excluding hydrogens is 296 g/mol. The molecule has 0 saturated heterocycles. The molecule has 22 heavy (non-hydrogen) atoms. The Labute approximate surface area is 141 Å². The van der Waals surface area contributed by atoms with Crippen molar-refractivity contribution in [3.05, 3.63) is 0 Å². The van der Waals surface area contributed by atoms with Crippen LogP contribution in [0.4, 0.5) is 0 Å². The van der Waals surface area contributed by atoms with E-state index in [-0.39, 0.29) is 0 Å². The number of carbonyl (C=O) groups is 1. The van der Waals surface area contributed by atoms with Crippen molar-refractivity contribution in [1.29, 1.82) is 0 Å². The standard InChI is InChI=1S/C17H36N2O2S/c1-2-3-4-9-15-22-16-14-19-13-12-18-11-8-6-5-7-10-17(20)21/h18-19H,2-16H2,1H3,(H,20,21). The van der Waals surface area contributed by atoms with E-state index in [1.165, 1.54) is 37.2 Å². The SMILES string of the molecule is CCCCCCSCCNCCNCCCCCCC(=O)O. The van der Waals surface area contributed by atoms with E-state index in [4.69, 9.17) is 5.11 Å². The van der Waals surface area contributed by atoms with Gasteiger partial charge in [-0.25, -0.2) is 0 Å². The number of aliphatic carboxylic acids is 1. The molecule has 0 aliphatic rings. The second-order valence-corrected chi connectivity index (χ2v) is 6.96. The van der Waals surface area contributed by atoms with Crippen LogP contribution < -0.4 is 10.6 Å². The number of carboxylic acid groups (broad SMARTS) is 1. The Hall–Kier alpha value is -0.260. The Morgan fingerprint density at radius 2 is 1.50 bits per heavy atom. The summed E-state index contributed by atoms with van der Waals surface area (Å²) >= 11 is 2.06. The van der Waals surface area contributed by atoms with E-state index in [1.54, 1.807) is 0 Å². The molecular formula is C17H36N2O2S. The molecule has 0 aliphatic heterocycles. The Morgan fingerprint density at radius 1 is 0.818 bits per heavy atom. The van der Waals surface area contributed by atoms with Crippen LogP contribution in [0.5, 0.6) is 0 Å². The topological polar surface area (TPSA) is 61.4 Å². The summed E-state index contributed by atoms with van der Waals surface area (Å²) in [6, 6.07) is 0. The maximum Gasteiger partial charge on any atom is 0.303 e. The number of thioether (sulfide) groups is 1. The summed E-state index contributed by atoms with van der Waals surface area (Å²) in [6.45, 7) is 6.46. The Balaban J connectivity index is 2.95. The highest BCUT2D eigenvalue weighted by Crippen LogP contribution is 2.06. The van der Waals surface area contributed by atoms with Gasteiger partial charge in [0.25, 0.3) is 0 Å². The second kappa shape index (κ2) is 18.8. The fourth-order valence-corrected chi connectivity index (χ4v) is 3.08. The third kappa shape index (κ3) is 19.7. The largest absolute Gasteiger partial charge is 0.481 e. The first-order valence-electron chi connectivity index (χ1n) is 8.98. The highest BCUT2D eigenvalue weighted by Gasteiger charge is 1.96. The van der Waals surface area contributed by atoms with Gasteiger partial charge in [0.1, 0.15) is 0 Å². The zero-order valence-corrected chi connectivity index (χ0v) is 15.2. The van der Waals surface area contributed by atoms with Crippen LogP contribution in [-0.4, -0.2) is 48.8 Å². The molecule has 132 valence electrons. The normalized spacial score (nSPS) is 11.0. The zero-order valence-electron chi connectivity index (χ0n) is 14.4. The van der Waals surface area contributed by atoms with Gasteiger partial charge >= 0.3 is 5.97 Å². The van der Waals surface area contributed by atoms with Crippen molar-refractivity contribution < 1.29 is 9.90 Å². The average Bonchev–Trinajstić information content (AvgIpc) is 2.50. The Bertz CT molecular complexity index is 241. The van der Waals surface area contributed by atoms with Crippen molar-refractivity contribution in [2.24, 2.45) is 0 Å². The third-order valence-corrected chi connectivity index (χ3v) is 4.61. The summed E-state index contributed by atoms with van der Waals surface area (Å²) in [5.41, 5.74) is 0. The molecule has 0 fully saturated rings. The van der Waals surface area contributed by atoms with Crippen LogP contribution >= 0.6 is 11.8 Å². The quantitative estimate of drug-likeness (QED) is 0.335. The van der Waals surface area contributed by atoms with E-state index in [1.807, 2.05) is 0 Å². The van der Waals surface area contributed by atoms with Crippen LogP contribution in [0.15, 0.2) is 0 Å². The molecule has 0 saturated carbocycles. The summed E-state index contributed by atoms with van der Waals surface area (Å²) in [5, 5.41) is 15.4. The molecule has 0 aromatic heterocycles. The monoisotopic (exact) mass is 332 g/mol. The summed E-state index contributed by atoms with van der Waals surface area (Å²) in [4.78, 5) is 10.3. The lowest BCUT2D eigenvalue weighted by molar-refractivity contribution is -0.137. The molecule has 5 heteroatoms. The Kier molecular flexibility index (Phi) is 18.6. The van der Waals surface area contributed by atoms with Crippen molar-refractivity contribution in [1.82, 2.24) is 10.6 Å². The van der Waals surface area contributed by atoms with Crippen molar-refractivity contribution in [2.75, 3.05) is 37.7 Å². The van der Waals surface area contributed by atoms with Gasteiger partial charge in [0.05, 0.1) is 0 Å². The van der Waals surface area contributed by atoms with Crippen LogP contribution in [0.3, 0.4) is 0 Å².